The van der Waals surface area contributed by atoms with E-state index in [1.54, 1.807) is 86.8 Å². The zero-order chi connectivity index (χ0) is 28.9. The summed E-state index contributed by atoms with van der Waals surface area (Å²) in [5.74, 6) is -0.440. The van der Waals surface area contributed by atoms with Crippen molar-refractivity contribution in [3.63, 3.8) is 0 Å². The molecule has 0 aliphatic heterocycles. The van der Waals surface area contributed by atoms with Crippen molar-refractivity contribution < 1.29 is 18.7 Å². The molecule has 0 aliphatic carbocycles. The molecule has 0 bridgehead atoms. The van der Waals surface area contributed by atoms with E-state index in [4.69, 9.17) is 9.15 Å². The number of hydrogen-bond acceptors (Lipinski definition) is 8. The maximum atomic E-state index is 13.5. The number of amides is 1. The maximum absolute atomic E-state index is 13.5. The molecule has 5 aromatic rings. The minimum absolute atomic E-state index is 0.0827. The van der Waals surface area contributed by atoms with Crippen LogP contribution in [0.2, 0.25) is 0 Å². The van der Waals surface area contributed by atoms with Gasteiger partial charge in [-0.15, -0.1) is 0 Å². The van der Waals surface area contributed by atoms with Gasteiger partial charge in [-0.2, -0.15) is 5.26 Å². The molecule has 0 saturated heterocycles. The van der Waals surface area contributed by atoms with Crippen LogP contribution in [-0.2, 0) is 0 Å². The molecule has 0 unspecified atom stereocenters. The summed E-state index contributed by atoms with van der Waals surface area (Å²) in [6.45, 7) is 1.68. The number of rotatable bonds is 8. The topological polar surface area (TPSA) is 122 Å². The number of nitrogens with one attached hydrogen (secondary N) is 1. The van der Waals surface area contributed by atoms with E-state index >= 15 is 0 Å². The largest absolute Gasteiger partial charge is 0.497 e. The first-order valence-corrected chi connectivity index (χ1v) is 13.5. The van der Waals surface area contributed by atoms with Gasteiger partial charge in [0.25, 0.3) is 5.91 Å². The van der Waals surface area contributed by atoms with Gasteiger partial charge in [-0.1, -0.05) is 60.3 Å². The van der Waals surface area contributed by atoms with Crippen LogP contribution in [0.5, 0.6) is 5.75 Å². The number of benzene rings is 3. The second kappa shape index (κ2) is 11.9. The molecule has 3 aromatic carbocycles. The minimum Gasteiger partial charge on any atom is -0.497 e. The van der Waals surface area contributed by atoms with Crippen LogP contribution < -0.4 is 15.7 Å². The first-order valence-electron chi connectivity index (χ1n) is 12.5. The number of carbonyl (C=O) groups excluding carboxylic acids is 2. The van der Waals surface area contributed by atoms with Crippen LogP contribution >= 0.6 is 11.8 Å². The fourth-order valence-corrected chi connectivity index (χ4v) is 5.31. The van der Waals surface area contributed by atoms with Gasteiger partial charge in [0.2, 0.25) is 0 Å². The summed E-state index contributed by atoms with van der Waals surface area (Å²) in [7, 11) is 1.55. The average Bonchev–Trinajstić information content (AvgIpc) is 2.99. The van der Waals surface area contributed by atoms with Crippen molar-refractivity contribution in [1.29, 1.82) is 5.26 Å². The molecule has 0 atom stereocenters. The molecule has 1 N–H and O–H groups in total. The number of fused-ring (bicyclic) bond motifs is 1. The van der Waals surface area contributed by atoms with Gasteiger partial charge in [-0.25, -0.2) is 9.78 Å². The summed E-state index contributed by atoms with van der Waals surface area (Å²) >= 11 is 1.02. The summed E-state index contributed by atoms with van der Waals surface area (Å²) in [6.07, 6.45) is 0. The number of para-hydroxylation sites is 2. The Morgan fingerprint density at radius 1 is 1.02 bits per heavy atom. The highest BCUT2D eigenvalue weighted by atomic mass is 32.2. The fourth-order valence-electron chi connectivity index (χ4n) is 4.39. The molecule has 202 valence electrons. The first kappa shape index (κ1) is 27.4. The normalized spacial score (nSPS) is 10.7. The Morgan fingerprint density at radius 3 is 2.44 bits per heavy atom. The van der Waals surface area contributed by atoms with E-state index in [2.05, 4.69) is 16.4 Å². The Kier molecular flexibility index (Phi) is 7.94. The average molecular weight is 562 g/mol. The number of thioether (sulfide) groups is 1. The molecule has 5 rings (SSSR count). The summed E-state index contributed by atoms with van der Waals surface area (Å²) in [5, 5.41) is 14.1. The van der Waals surface area contributed by atoms with Gasteiger partial charge in [0.15, 0.2) is 5.78 Å². The lowest BCUT2D eigenvalue weighted by atomic mass is 9.94. The Labute approximate surface area is 239 Å². The van der Waals surface area contributed by atoms with Crippen LogP contribution in [-0.4, -0.2) is 29.5 Å². The zero-order valence-corrected chi connectivity index (χ0v) is 23.0. The smallest absolute Gasteiger partial charge is 0.347 e. The molecule has 2 heterocycles. The number of aromatic nitrogens is 1. The number of Topliss-reactive ketones (excluding diaryl/α,β-unsaturated/α-hetero) is 1. The number of aryl methyl sites for hydroxylation is 1. The quantitative estimate of drug-likeness (QED) is 0.134. The molecule has 0 saturated carbocycles. The molecule has 0 spiro atoms. The number of carbonyl (C=O) groups is 2. The van der Waals surface area contributed by atoms with Crippen molar-refractivity contribution >= 4 is 40.1 Å². The third kappa shape index (κ3) is 5.73. The van der Waals surface area contributed by atoms with Crippen molar-refractivity contribution in [2.75, 3.05) is 18.2 Å². The van der Waals surface area contributed by atoms with Crippen LogP contribution in [0.4, 0.5) is 5.69 Å². The van der Waals surface area contributed by atoms with Crippen LogP contribution in [0.15, 0.2) is 99.2 Å². The van der Waals surface area contributed by atoms with E-state index < -0.39 is 17.3 Å². The number of nitrogens with zero attached hydrogens (tertiary/aromatic N) is 2. The molecule has 8 nitrogen and oxygen atoms in total. The summed E-state index contributed by atoms with van der Waals surface area (Å²) in [6, 6.07) is 26.6. The number of methoxy groups -OCH3 is 1. The van der Waals surface area contributed by atoms with Gasteiger partial charge in [0.1, 0.15) is 28.0 Å². The van der Waals surface area contributed by atoms with E-state index in [1.807, 2.05) is 6.07 Å². The lowest BCUT2D eigenvalue weighted by Crippen LogP contribution is -2.18. The van der Waals surface area contributed by atoms with Gasteiger partial charge in [0.05, 0.1) is 29.7 Å². The van der Waals surface area contributed by atoms with Crippen molar-refractivity contribution in [1.82, 2.24) is 4.98 Å². The number of pyridine rings is 1. The predicted octanol–water partition coefficient (Wildman–Crippen LogP) is 6.27. The van der Waals surface area contributed by atoms with Crippen LogP contribution in [0.3, 0.4) is 0 Å². The Hall–Kier alpha value is -5.20. The van der Waals surface area contributed by atoms with E-state index in [0.717, 1.165) is 11.8 Å². The van der Waals surface area contributed by atoms with Crippen LogP contribution in [0.1, 0.15) is 32.0 Å². The van der Waals surface area contributed by atoms with Crippen molar-refractivity contribution in [2.45, 2.75) is 11.9 Å². The van der Waals surface area contributed by atoms with Crippen LogP contribution in [0.25, 0.3) is 22.1 Å². The van der Waals surface area contributed by atoms with Gasteiger partial charge in [-0.3, -0.25) is 9.59 Å². The highest BCUT2D eigenvalue weighted by Crippen LogP contribution is 2.36. The number of anilines is 1. The first-order chi connectivity index (χ1) is 19.9. The summed E-state index contributed by atoms with van der Waals surface area (Å²) in [4.78, 5) is 43.7. The van der Waals surface area contributed by atoms with E-state index in [1.165, 1.54) is 6.07 Å². The Balaban J connectivity index is 1.55. The fraction of sp³-hybridized carbons (Fsp3) is 0.0938. The molecule has 1 amide bonds. The van der Waals surface area contributed by atoms with Crippen molar-refractivity contribution in [3.05, 3.63) is 118 Å². The van der Waals surface area contributed by atoms with E-state index in [9.17, 15) is 19.6 Å². The maximum Gasteiger partial charge on any atom is 0.347 e. The highest BCUT2D eigenvalue weighted by molar-refractivity contribution is 8.00. The second-order valence-corrected chi connectivity index (χ2v) is 9.95. The Morgan fingerprint density at radius 2 is 1.73 bits per heavy atom. The predicted molar refractivity (Wildman–Crippen MR) is 158 cm³/mol. The van der Waals surface area contributed by atoms with Crippen molar-refractivity contribution in [3.8, 4) is 22.9 Å². The number of hydrogen-bond donors (Lipinski definition) is 1. The van der Waals surface area contributed by atoms with Gasteiger partial charge < -0.3 is 14.5 Å². The van der Waals surface area contributed by atoms with E-state index in [0.29, 0.717) is 39.2 Å². The lowest BCUT2D eigenvalue weighted by Gasteiger charge is -2.17. The minimum atomic E-state index is -0.731. The third-order valence-electron chi connectivity index (χ3n) is 6.38. The monoisotopic (exact) mass is 561 g/mol. The molecule has 41 heavy (non-hydrogen) atoms. The van der Waals surface area contributed by atoms with Crippen LogP contribution in [0, 0.1) is 18.3 Å². The molecule has 0 aliphatic rings. The standard InChI is InChI=1S/C32H23N3O5S/c1-19-28(30(37)35-22-9-4-3-5-10-22)29(20-12-14-23(39-2)15-13-20)25(17-33)31(34-19)41-18-26(36)24-16-21-8-6-7-11-27(21)40-32(24)38/h3-16H,18H2,1-2H3,(H,35,37). The number of ether oxygens (including phenoxy) is 1. The lowest BCUT2D eigenvalue weighted by molar-refractivity contribution is 0.101. The summed E-state index contributed by atoms with van der Waals surface area (Å²) in [5.41, 5.74) is 1.91. The number of nitriles is 1. The van der Waals surface area contributed by atoms with Gasteiger partial charge >= 0.3 is 5.63 Å². The molecular formula is C32H23N3O5S. The number of ketones is 1. The summed E-state index contributed by atoms with van der Waals surface area (Å²) < 4.78 is 10.6. The van der Waals surface area contributed by atoms with Gasteiger partial charge in [0, 0.05) is 16.6 Å². The second-order valence-electron chi connectivity index (χ2n) is 8.99. The van der Waals surface area contributed by atoms with E-state index in [-0.39, 0.29) is 27.5 Å². The molecule has 9 heteroatoms. The molecule has 2 aromatic heterocycles. The van der Waals surface area contributed by atoms with Gasteiger partial charge in [-0.05, 0) is 48.9 Å². The highest BCUT2D eigenvalue weighted by Gasteiger charge is 2.25. The molecule has 0 fully saturated rings. The molecular weight excluding hydrogens is 538 g/mol. The van der Waals surface area contributed by atoms with Crippen molar-refractivity contribution in [2.24, 2.45) is 0 Å². The Bertz CT molecular complexity index is 1880. The third-order valence-corrected chi connectivity index (χ3v) is 7.35. The molecule has 0 radical (unpaired) electrons. The SMILES string of the molecule is COc1ccc(-c2c(C#N)c(SCC(=O)c3cc4ccccc4oc3=O)nc(C)c2C(=O)Nc2ccccc2)cc1. The zero-order valence-electron chi connectivity index (χ0n) is 22.1.